The van der Waals surface area contributed by atoms with Gasteiger partial charge in [0.05, 0.1) is 0 Å². The predicted octanol–water partition coefficient (Wildman–Crippen LogP) is 0.749. The first-order valence-corrected chi connectivity index (χ1v) is 5.26. The van der Waals surface area contributed by atoms with Gasteiger partial charge < -0.3 is 10.2 Å². The number of hydrogen-bond donors (Lipinski definition) is 1. The number of carbonyl (C=O) groups is 1. The number of amides is 1. The molecule has 1 amide bonds. The topological polar surface area (TPSA) is 32.3 Å². The molecule has 0 spiro atoms. The lowest BCUT2D eigenvalue weighted by molar-refractivity contribution is -0.130. The van der Waals surface area contributed by atoms with Crippen molar-refractivity contribution in [1.82, 2.24) is 10.2 Å². The monoisotopic (exact) mass is 182 g/mol. The summed E-state index contributed by atoms with van der Waals surface area (Å²) in [7, 11) is 1.93. The summed E-state index contributed by atoms with van der Waals surface area (Å²) in [6.07, 6.45) is 5.68. The normalized spacial score (nSPS) is 21.6. The molecule has 0 aromatic heterocycles. The Hall–Kier alpha value is -0.570. The van der Waals surface area contributed by atoms with Gasteiger partial charge in [0.15, 0.2) is 0 Å². The Labute approximate surface area is 79.5 Å². The van der Waals surface area contributed by atoms with Gasteiger partial charge in [0.25, 0.3) is 0 Å². The van der Waals surface area contributed by atoms with Crippen LogP contribution in [0.3, 0.4) is 0 Å². The molecule has 0 aliphatic heterocycles. The number of hydrogen-bond acceptors (Lipinski definition) is 2. The Kier molecular flexibility index (Phi) is 2.54. The van der Waals surface area contributed by atoms with E-state index < -0.39 is 0 Å². The van der Waals surface area contributed by atoms with E-state index in [1.165, 1.54) is 25.7 Å². The molecule has 1 N–H and O–H groups in total. The summed E-state index contributed by atoms with van der Waals surface area (Å²) in [6, 6.07) is 1.28. The van der Waals surface area contributed by atoms with E-state index in [4.69, 9.17) is 0 Å². The van der Waals surface area contributed by atoms with Crippen LogP contribution in [-0.2, 0) is 4.79 Å². The quantitative estimate of drug-likeness (QED) is 0.680. The number of nitrogens with one attached hydrogen (secondary N) is 1. The van der Waals surface area contributed by atoms with Gasteiger partial charge in [0, 0.05) is 32.1 Å². The Bertz CT molecular complexity index is 197. The van der Waals surface area contributed by atoms with Crippen molar-refractivity contribution in [3.8, 4) is 0 Å². The summed E-state index contributed by atoms with van der Waals surface area (Å²) >= 11 is 0. The van der Waals surface area contributed by atoms with Crippen molar-refractivity contribution in [2.75, 3.05) is 13.6 Å². The van der Waals surface area contributed by atoms with E-state index in [-0.39, 0.29) is 0 Å². The van der Waals surface area contributed by atoms with E-state index in [2.05, 4.69) is 5.32 Å². The lowest BCUT2D eigenvalue weighted by Gasteiger charge is -2.16. The van der Waals surface area contributed by atoms with Crippen molar-refractivity contribution in [1.29, 1.82) is 0 Å². The first-order chi connectivity index (χ1) is 6.27. The third kappa shape index (κ3) is 2.69. The fraction of sp³-hybridized carbons (Fsp3) is 0.900. The van der Waals surface area contributed by atoms with E-state index in [0.717, 1.165) is 12.6 Å². The molecule has 0 aromatic carbocycles. The molecule has 3 heteroatoms. The Morgan fingerprint density at radius 1 is 1.38 bits per heavy atom. The Morgan fingerprint density at radius 3 is 2.62 bits per heavy atom. The van der Waals surface area contributed by atoms with E-state index in [1.807, 2.05) is 11.9 Å². The molecular formula is C10H18N2O. The largest absolute Gasteiger partial charge is 0.343 e. The minimum Gasteiger partial charge on any atom is -0.343 e. The Morgan fingerprint density at radius 2 is 2.08 bits per heavy atom. The van der Waals surface area contributed by atoms with Crippen LogP contribution in [0, 0.1) is 0 Å². The highest BCUT2D eigenvalue weighted by molar-refractivity contribution is 5.76. The summed E-state index contributed by atoms with van der Waals surface area (Å²) < 4.78 is 0. The van der Waals surface area contributed by atoms with E-state index in [0.29, 0.717) is 18.4 Å². The maximum absolute atomic E-state index is 11.5. The summed E-state index contributed by atoms with van der Waals surface area (Å²) in [5, 5.41) is 3.35. The molecule has 13 heavy (non-hydrogen) atoms. The highest BCUT2D eigenvalue weighted by Gasteiger charge is 2.29. The summed E-state index contributed by atoms with van der Waals surface area (Å²) in [5.74, 6) is 0.302. The van der Waals surface area contributed by atoms with Crippen molar-refractivity contribution in [3.63, 3.8) is 0 Å². The van der Waals surface area contributed by atoms with Gasteiger partial charge in [-0.1, -0.05) is 0 Å². The number of carbonyl (C=O) groups excluding carboxylic acids is 1. The van der Waals surface area contributed by atoms with E-state index in [1.54, 1.807) is 0 Å². The molecule has 0 heterocycles. The van der Waals surface area contributed by atoms with E-state index >= 15 is 0 Å². The molecule has 0 atom stereocenters. The van der Waals surface area contributed by atoms with Gasteiger partial charge in [-0.25, -0.2) is 0 Å². The zero-order valence-corrected chi connectivity index (χ0v) is 8.25. The number of rotatable bonds is 5. The standard InChI is InChI=1S/C10H18N2O/c1-12(9-4-5-9)10(13)6-7-11-8-2-3-8/h8-9,11H,2-7H2,1H3. The van der Waals surface area contributed by atoms with Crippen LogP contribution in [0.4, 0.5) is 0 Å². The molecule has 2 aliphatic rings. The van der Waals surface area contributed by atoms with Gasteiger partial charge in [-0.3, -0.25) is 4.79 Å². The van der Waals surface area contributed by atoms with Crippen LogP contribution in [0.15, 0.2) is 0 Å². The maximum atomic E-state index is 11.5. The van der Waals surface area contributed by atoms with Crippen molar-refractivity contribution >= 4 is 5.91 Å². The zero-order valence-electron chi connectivity index (χ0n) is 8.25. The third-order valence-electron chi connectivity index (χ3n) is 2.84. The van der Waals surface area contributed by atoms with Crippen LogP contribution in [0.1, 0.15) is 32.1 Å². The first kappa shape index (κ1) is 9.00. The lowest BCUT2D eigenvalue weighted by Crippen LogP contribution is -2.31. The fourth-order valence-corrected chi connectivity index (χ4v) is 1.51. The molecule has 0 bridgehead atoms. The molecule has 2 rings (SSSR count). The molecule has 2 saturated carbocycles. The van der Waals surface area contributed by atoms with Gasteiger partial charge >= 0.3 is 0 Å². The smallest absolute Gasteiger partial charge is 0.223 e. The molecule has 3 nitrogen and oxygen atoms in total. The summed E-state index contributed by atoms with van der Waals surface area (Å²) in [4.78, 5) is 13.4. The SMILES string of the molecule is CN(C(=O)CCNC1CC1)C1CC1. The first-order valence-electron chi connectivity index (χ1n) is 5.26. The second kappa shape index (κ2) is 3.66. The van der Waals surface area contributed by atoms with E-state index in [9.17, 15) is 4.79 Å². The third-order valence-corrected chi connectivity index (χ3v) is 2.84. The second-order valence-corrected chi connectivity index (χ2v) is 4.21. The zero-order chi connectivity index (χ0) is 9.26. The van der Waals surface area contributed by atoms with Crippen molar-refractivity contribution < 1.29 is 4.79 Å². The van der Waals surface area contributed by atoms with Crippen LogP contribution in [0.25, 0.3) is 0 Å². The molecule has 2 aliphatic carbocycles. The van der Waals surface area contributed by atoms with Crippen molar-refractivity contribution in [3.05, 3.63) is 0 Å². The average molecular weight is 182 g/mol. The molecule has 74 valence electrons. The minimum atomic E-state index is 0.302. The second-order valence-electron chi connectivity index (χ2n) is 4.21. The Balaban J connectivity index is 1.58. The van der Waals surface area contributed by atoms with Crippen molar-refractivity contribution in [2.45, 2.75) is 44.2 Å². The average Bonchev–Trinajstić information content (AvgIpc) is 2.96. The van der Waals surface area contributed by atoms with Gasteiger partial charge in [0.1, 0.15) is 0 Å². The van der Waals surface area contributed by atoms with Crippen molar-refractivity contribution in [2.24, 2.45) is 0 Å². The van der Waals surface area contributed by atoms with Gasteiger partial charge in [0.2, 0.25) is 5.91 Å². The van der Waals surface area contributed by atoms with Gasteiger partial charge in [-0.15, -0.1) is 0 Å². The molecule has 0 unspecified atom stereocenters. The summed E-state index contributed by atoms with van der Waals surface area (Å²) in [6.45, 7) is 0.862. The molecule has 0 aromatic rings. The minimum absolute atomic E-state index is 0.302. The molecule has 0 radical (unpaired) electrons. The van der Waals surface area contributed by atoms with Crippen LogP contribution in [0.2, 0.25) is 0 Å². The molecular weight excluding hydrogens is 164 g/mol. The maximum Gasteiger partial charge on any atom is 0.223 e. The predicted molar refractivity (Wildman–Crippen MR) is 51.4 cm³/mol. The summed E-state index contributed by atoms with van der Waals surface area (Å²) in [5.41, 5.74) is 0. The molecule has 0 saturated heterocycles. The highest BCUT2D eigenvalue weighted by Crippen LogP contribution is 2.25. The van der Waals surface area contributed by atoms with Gasteiger partial charge in [-0.2, -0.15) is 0 Å². The lowest BCUT2D eigenvalue weighted by atomic mass is 10.3. The number of nitrogens with zero attached hydrogens (tertiary/aromatic N) is 1. The fourth-order valence-electron chi connectivity index (χ4n) is 1.51. The highest BCUT2D eigenvalue weighted by atomic mass is 16.2. The van der Waals surface area contributed by atoms with Crippen LogP contribution < -0.4 is 5.32 Å². The molecule has 2 fully saturated rings. The van der Waals surface area contributed by atoms with Crippen LogP contribution >= 0.6 is 0 Å². The van der Waals surface area contributed by atoms with Gasteiger partial charge in [-0.05, 0) is 25.7 Å². The van der Waals surface area contributed by atoms with Crippen LogP contribution in [0.5, 0.6) is 0 Å². The van der Waals surface area contributed by atoms with Crippen LogP contribution in [-0.4, -0.2) is 36.5 Å².